The average Bonchev–Trinajstić information content (AvgIpc) is 2.83. The summed E-state index contributed by atoms with van der Waals surface area (Å²) in [6.45, 7) is 8.00. The van der Waals surface area contributed by atoms with E-state index < -0.39 is 44.5 Å². The number of nitrogens with zero attached hydrogens (tertiary/aromatic N) is 1. The van der Waals surface area contributed by atoms with Crippen molar-refractivity contribution in [3.8, 4) is 0 Å². The third kappa shape index (κ3) is 11.1. The molecule has 2 rings (SSSR count). The molecule has 0 saturated heterocycles. The summed E-state index contributed by atoms with van der Waals surface area (Å²) in [6, 6.07) is 16.2. The lowest BCUT2D eigenvalue weighted by Crippen LogP contribution is -2.52. The molecule has 0 radical (unpaired) electrons. The molecule has 11 heteroatoms. The Labute approximate surface area is 234 Å². The molecule has 9 nitrogen and oxygen atoms in total. The van der Waals surface area contributed by atoms with Crippen molar-refractivity contribution in [3.63, 3.8) is 0 Å². The van der Waals surface area contributed by atoms with Crippen LogP contribution >= 0.6 is 10.7 Å². The zero-order chi connectivity index (χ0) is 29.3. The molecule has 0 aromatic heterocycles. The molecule has 0 aliphatic heterocycles. The fourth-order valence-corrected chi connectivity index (χ4v) is 4.02. The van der Waals surface area contributed by atoms with Gasteiger partial charge in [0.25, 0.3) is 9.05 Å². The number of carbonyl (C=O) groups excluding carboxylic acids is 3. The van der Waals surface area contributed by atoms with Crippen LogP contribution in [0.25, 0.3) is 0 Å². The fourth-order valence-electron chi connectivity index (χ4n) is 3.44. The molecule has 0 bridgehead atoms. The van der Waals surface area contributed by atoms with Crippen LogP contribution in [0.3, 0.4) is 0 Å². The molecule has 212 valence electrons. The second-order valence-electron chi connectivity index (χ2n) is 10.1. The van der Waals surface area contributed by atoms with Crippen molar-refractivity contribution in [2.24, 2.45) is 0 Å². The van der Waals surface area contributed by atoms with E-state index in [0.29, 0.717) is 16.0 Å². The predicted molar refractivity (Wildman–Crippen MR) is 147 cm³/mol. The molecule has 0 N–H and O–H groups in total. The van der Waals surface area contributed by atoms with Gasteiger partial charge in [0.2, 0.25) is 0 Å². The summed E-state index contributed by atoms with van der Waals surface area (Å²) in [6.07, 6.45) is -1.25. The zero-order valence-electron chi connectivity index (χ0n) is 22.6. The van der Waals surface area contributed by atoms with Gasteiger partial charge in [-0.3, -0.25) is 0 Å². The van der Waals surface area contributed by atoms with Crippen molar-refractivity contribution in [2.75, 3.05) is 0 Å². The SMILES string of the molecule is CC(C)(C)OC(=O)N(C(=O)OCc1ccccc1)[C@@H](CCC=CS(=O)(=O)Cl)C(=O)OC(C)(C)c1ccccc1. The number of carbonyl (C=O) groups is 3. The molecule has 1 atom stereocenters. The van der Waals surface area contributed by atoms with E-state index in [1.165, 1.54) is 6.08 Å². The molecule has 0 saturated carbocycles. The highest BCUT2D eigenvalue weighted by molar-refractivity contribution is 8.16. The minimum Gasteiger partial charge on any atom is -0.453 e. The first-order valence-corrected chi connectivity index (χ1v) is 14.6. The first-order valence-electron chi connectivity index (χ1n) is 12.2. The fraction of sp³-hybridized carbons (Fsp3) is 0.393. The molecule has 2 amide bonds. The summed E-state index contributed by atoms with van der Waals surface area (Å²) in [5, 5.41) is 0.760. The smallest absolute Gasteiger partial charge is 0.420 e. The van der Waals surface area contributed by atoms with E-state index in [2.05, 4.69) is 0 Å². The van der Waals surface area contributed by atoms with Crippen LogP contribution < -0.4 is 0 Å². The second-order valence-corrected chi connectivity index (χ2v) is 12.6. The highest BCUT2D eigenvalue weighted by Gasteiger charge is 2.41. The first-order chi connectivity index (χ1) is 18.1. The quantitative estimate of drug-likeness (QED) is 0.184. The van der Waals surface area contributed by atoms with Crippen molar-refractivity contribution in [3.05, 3.63) is 83.3 Å². The van der Waals surface area contributed by atoms with Crippen LogP contribution in [0.4, 0.5) is 9.59 Å². The molecule has 0 unspecified atom stereocenters. The van der Waals surface area contributed by atoms with Crippen LogP contribution in [-0.4, -0.2) is 43.1 Å². The van der Waals surface area contributed by atoms with Gasteiger partial charge in [0, 0.05) is 16.1 Å². The summed E-state index contributed by atoms with van der Waals surface area (Å²) in [5.41, 5.74) is -0.783. The minimum atomic E-state index is -3.94. The third-order valence-electron chi connectivity index (χ3n) is 5.27. The summed E-state index contributed by atoms with van der Waals surface area (Å²) in [7, 11) is 1.29. The monoisotopic (exact) mass is 579 g/mol. The Hall–Kier alpha value is -3.37. The number of halogens is 1. The Bertz CT molecular complexity index is 1260. The Kier molecular flexibility index (Phi) is 11.1. The first kappa shape index (κ1) is 31.8. The van der Waals surface area contributed by atoms with Crippen LogP contribution in [0, 0.1) is 0 Å². The second kappa shape index (κ2) is 13.6. The van der Waals surface area contributed by atoms with E-state index in [-0.39, 0.29) is 19.4 Å². The molecular weight excluding hydrogens is 546 g/mol. The lowest BCUT2D eigenvalue weighted by molar-refractivity contribution is -0.163. The highest BCUT2D eigenvalue weighted by Crippen LogP contribution is 2.27. The van der Waals surface area contributed by atoms with Crippen LogP contribution in [0.2, 0.25) is 0 Å². The Morgan fingerprint density at radius 3 is 2.00 bits per heavy atom. The number of esters is 1. The number of benzene rings is 2. The van der Waals surface area contributed by atoms with Gasteiger partial charge in [-0.25, -0.2) is 22.8 Å². The maximum atomic E-state index is 13.6. The van der Waals surface area contributed by atoms with Crippen molar-refractivity contribution >= 4 is 37.9 Å². The largest absolute Gasteiger partial charge is 0.453 e. The number of allylic oxidation sites excluding steroid dienone is 1. The van der Waals surface area contributed by atoms with E-state index >= 15 is 0 Å². The van der Waals surface area contributed by atoms with Crippen molar-refractivity contribution < 1.29 is 37.0 Å². The molecular formula is C28H34ClNO8S. The van der Waals surface area contributed by atoms with Crippen LogP contribution in [0.15, 0.2) is 72.1 Å². The maximum Gasteiger partial charge on any atom is 0.420 e. The lowest BCUT2D eigenvalue weighted by atomic mass is 9.98. The Morgan fingerprint density at radius 2 is 1.46 bits per heavy atom. The van der Waals surface area contributed by atoms with E-state index in [4.69, 9.17) is 24.9 Å². The normalized spacial score (nSPS) is 13.0. The molecule has 0 heterocycles. The van der Waals surface area contributed by atoms with Gasteiger partial charge in [0.05, 0.1) is 0 Å². The molecule has 39 heavy (non-hydrogen) atoms. The zero-order valence-corrected chi connectivity index (χ0v) is 24.2. The van der Waals surface area contributed by atoms with E-state index in [0.717, 1.165) is 5.41 Å². The molecule has 0 fully saturated rings. The van der Waals surface area contributed by atoms with Gasteiger partial charge in [0.1, 0.15) is 23.9 Å². The summed E-state index contributed by atoms with van der Waals surface area (Å²) >= 11 is 0. The number of ether oxygens (including phenoxy) is 3. The van der Waals surface area contributed by atoms with Gasteiger partial charge < -0.3 is 14.2 Å². The van der Waals surface area contributed by atoms with Crippen molar-refractivity contribution in [2.45, 2.75) is 71.3 Å². The van der Waals surface area contributed by atoms with Gasteiger partial charge in [0.15, 0.2) is 0 Å². The minimum absolute atomic E-state index is 0.0389. The maximum absolute atomic E-state index is 13.6. The lowest BCUT2D eigenvalue weighted by Gasteiger charge is -2.33. The summed E-state index contributed by atoms with van der Waals surface area (Å²) < 4.78 is 39.2. The average molecular weight is 580 g/mol. The van der Waals surface area contributed by atoms with E-state index in [1.54, 1.807) is 89.2 Å². The van der Waals surface area contributed by atoms with Gasteiger partial charge in [-0.05, 0) is 58.6 Å². The molecule has 2 aromatic carbocycles. The number of imide groups is 1. The summed E-state index contributed by atoms with van der Waals surface area (Å²) in [5.74, 6) is -0.909. The number of rotatable bonds is 10. The van der Waals surface area contributed by atoms with Crippen LogP contribution in [0.1, 0.15) is 58.6 Å². The van der Waals surface area contributed by atoms with Crippen LogP contribution in [-0.2, 0) is 40.3 Å². The summed E-state index contributed by atoms with van der Waals surface area (Å²) in [4.78, 5) is 40.7. The molecule has 0 aliphatic carbocycles. The third-order valence-corrected chi connectivity index (χ3v) is 6.09. The number of hydrogen-bond donors (Lipinski definition) is 0. The van der Waals surface area contributed by atoms with Gasteiger partial charge in [-0.15, -0.1) is 0 Å². The van der Waals surface area contributed by atoms with Crippen LogP contribution in [0.5, 0.6) is 0 Å². The van der Waals surface area contributed by atoms with Crippen molar-refractivity contribution in [1.82, 2.24) is 4.90 Å². The van der Waals surface area contributed by atoms with Gasteiger partial charge in [-0.2, -0.15) is 4.90 Å². The predicted octanol–water partition coefficient (Wildman–Crippen LogP) is 6.27. The Morgan fingerprint density at radius 1 is 0.897 bits per heavy atom. The van der Waals surface area contributed by atoms with E-state index in [9.17, 15) is 22.8 Å². The van der Waals surface area contributed by atoms with E-state index in [1.807, 2.05) is 6.07 Å². The van der Waals surface area contributed by atoms with Crippen molar-refractivity contribution in [1.29, 1.82) is 0 Å². The number of amides is 2. The van der Waals surface area contributed by atoms with Gasteiger partial charge >= 0.3 is 18.2 Å². The van der Waals surface area contributed by atoms with Gasteiger partial charge in [-0.1, -0.05) is 66.7 Å². The Balaban J connectivity index is 2.42. The molecule has 0 aliphatic rings. The molecule has 0 spiro atoms. The number of hydrogen-bond acceptors (Lipinski definition) is 8. The highest BCUT2D eigenvalue weighted by atomic mass is 35.7. The molecule has 2 aromatic rings. The topological polar surface area (TPSA) is 116 Å². The standard InChI is InChI=1S/C28H34ClNO8S/c1-27(2,3)38-26(33)30(25(32)36-20-21-14-8-6-9-15-21)23(18-12-13-19-39(29,34)35)24(31)37-28(4,5)22-16-10-7-11-17-22/h6-11,13-17,19,23H,12,18,20H2,1-5H3/t23-/m0/s1.